The molecule has 2 atom stereocenters. The van der Waals surface area contributed by atoms with Crippen molar-refractivity contribution in [2.24, 2.45) is 23.2 Å². The van der Waals surface area contributed by atoms with Gasteiger partial charge in [-0.25, -0.2) is 0 Å². The Morgan fingerprint density at radius 1 is 1.20 bits per heavy atom. The van der Waals surface area contributed by atoms with Crippen molar-refractivity contribution in [3.8, 4) is 0 Å². The Morgan fingerprint density at radius 3 is 2.65 bits per heavy atom. The van der Waals surface area contributed by atoms with Crippen LogP contribution in [-0.2, 0) is 4.79 Å². The number of rotatable bonds is 2. The molecule has 0 bridgehead atoms. The van der Waals surface area contributed by atoms with Crippen molar-refractivity contribution < 1.29 is 4.79 Å². The first-order chi connectivity index (χ1) is 9.63. The third-order valence-electron chi connectivity index (χ3n) is 6.23. The highest BCUT2D eigenvalue weighted by Gasteiger charge is 2.51. The van der Waals surface area contributed by atoms with Gasteiger partial charge in [0.2, 0.25) is 5.91 Å². The normalized spacial score (nSPS) is 35.4. The van der Waals surface area contributed by atoms with E-state index in [-0.39, 0.29) is 5.41 Å². The molecule has 1 N–H and O–H groups in total. The zero-order valence-electron chi connectivity index (χ0n) is 13.2. The number of fused-ring (bicyclic) bond motifs is 1. The number of nitrogens with zero attached hydrogens (tertiary/aromatic N) is 1. The first kappa shape index (κ1) is 14.4. The van der Waals surface area contributed by atoms with E-state index in [1.807, 2.05) is 0 Å². The molecule has 0 radical (unpaired) electrons. The predicted octanol–water partition coefficient (Wildman–Crippen LogP) is 2.66. The van der Waals surface area contributed by atoms with Crippen LogP contribution in [0.2, 0.25) is 0 Å². The molecule has 2 aliphatic heterocycles. The number of carbonyl (C=O) groups is 1. The molecule has 20 heavy (non-hydrogen) atoms. The van der Waals surface area contributed by atoms with Crippen molar-refractivity contribution in [1.29, 1.82) is 0 Å². The van der Waals surface area contributed by atoms with Crippen LogP contribution in [0.1, 0.15) is 52.4 Å². The van der Waals surface area contributed by atoms with E-state index in [1.54, 1.807) is 0 Å². The highest BCUT2D eigenvalue weighted by molar-refractivity contribution is 5.84. The minimum atomic E-state index is -0.0388. The maximum Gasteiger partial charge on any atom is 0.230 e. The summed E-state index contributed by atoms with van der Waals surface area (Å²) in [6, 6.07) is 0. The first-order valence-electron chi connectivity index (χ1n) is 8.63. The number of carbonyl (C=O) groups excluding carboxylic acids is 1. The lowest BCUT2D eigenvalue weighted by Crippen LogP contribution is -2.52. The fraction of sp³-hybridized carbons (Fsp3) is 0.941. The molecule has 3 fully saturated rings. The van der Waals surface area contributed by atoms with Crippen molar-refractivity contribution in [3.63, 3.8) is 0 Å². The van der Waals surface area contributed by atoms with E-state index < -0.39 is 0 Å². The fourth-order valence-corrected chi connectivity index (χ4v) is 4.75. The van der Waals surface area contributed by atoms with Gasteiger partial charge in [-0.15, -0.1) is 0 Å². The minimum absolute atomic E-state index is 0.0388. The van der Waals surface area contributed by atoms with Gasteiger partial charge in [0.25, 0.3) is 0 Å². The molecular weight excluding hydrogens is 248 g/mol. The quantitative estimate of drug-likeness (QED) is 0.842. The molecule has 3 nitrogen and oxygen atoms in total. The van der Waals surface area contributed by atoms with Gasteiger partial charge in [-0.3, -0.25) is 4.79 Å². The maximum atomic E-state index is 13.1. The van der Waals surface area contributed by atoms with E-state index in [0.717, 1.165) is 44.4 Å². The summed E-state index contributed by atoms with van der Waals surface area (Å²) in [5.41, 5.74) is -0.0388. The number of hydrogen-bond donors (Lipinski definition) is 1. The van der Waals surface area contributed by atoms with Crippen molar-refractivity contribution >= 4 is 5.91 Å². The SMILES string of the molecule is CC(C)C1CCN(C(=O)[C@@]23CCCC[C@H]2CNC3)CC1. The molecule has 1 aliphatic carbocycles. The van der Waals surface area contributed by atoms with Crippen molar-refractivity contribution in [1.82, 2.24) is 10.2 Å². The number of amides is 1. The van der Waals surface area contributed by atoms with Gasteiger partial charge in [-0.1, -0.05) is 26.7 Å². The molecule has 114 valence electrons. The Morgan fingerprint density at radius 2 is 1.95 bits per heavy atom. The Hall–Kier alpha value is -0.570. The van der Waals surface area contributed by atoms with Gasteiger partial charge in [0.1, 0.15) is 0 Å². The van der Waals surface area contributed by atoms with Crippen LogP contribution in [0.4, 0.5) is 0 Å². The fourth-order valence-electron chi connectivity index (χ4n) is 4.75. The Kier molecular flexibility index (Phi) is 4.07. The minimum Gasteiger partial charge on any atom is -0.342 e. The molecule has 0 aromatic carbocycles. The van der Waals surface area contributed by atoms with Crippen LogP contribution in [0.15, 0.2) is 0 Å². The van der Waals surface area contributed by atoms with Gasteiger partial charge >= 0.3 is 0 Å². The number of likely N-dealkylation sites (tertiary alicyclic amines) is 1. The number of piperidine rings is 1. The summed E-state index contributed by atoms with van der Waals surface area (Å²) in [6.45, 7) is 8.62. The topological polar surface area (TPSA) is 32.3 Å². The van der Waals surface area contributed by atoms with Crippen molar-refractivity contribution in [3.05, 3.63) is 0 Å². The van der Waals surface area contributed by atoms with Gasteiger partial charge in [-0.2, -0.15) is 0 Å². The van der Waals surface area contributed by atoms with Crippen LogP contribution < -0.4 is 5.32 Å². The second-order valence-corrected chi connectivity index (χ2v) is 7.60. The molecule has 3 heteroatoms. The van der Waals surface area contributed by atoms with Gasteiger partial charge in [-0.05, 0) is 50.0 Å². The molecule has 3 rings (SSSR count). The third-order valence-corrected chi connectivity index (χ3v) is 6.23. The zero-order chi connectivity index (χ0) is 14.2. The summed E-state index contributed by atoms with van der Waals surface area (Å²) in [4.78, 5) is 15.3. The highest BCUT2D eigenvalue weighted by atomic mass is 16.2. The van der Waals surface area contributed by atoms with E-state index in [2.05, 4.69) is 24.1 Å². The summed E-state index contributed by atoms with van der Waals surface area (Å²) >= 11 is 0. The molecule has 0 spiro atoms. The van der Waals surface area contributed by atoms with E-state index >= 15 is 0 Å². The summed E-state index contributed by atoms with van der Waals surface area (Å²) in [6.07, 6.45) is 7.34. The predicted molar refractivity (Wildman–Crippen MR) is 81.4 cm³/mol. The average molecular weight is 278 g/mol. The van der Waals surface area contributed by atoms with Crippen LogP contribution in [0.25, 0.3) is 0 Å². The number of nitrogens with one attached hydrogen (secondary N) is 1. The zero-order valence-corrected chi connectivity index (χ0v) is 13.2. The Balaban J connectivity index is 1.67. The van der Waals surface area contributed by atoms with Crippen LogP contribution in [0, 0.1) is 23.2 Å². The van der Waals surface area contributed by atoms with E-state index in [1.165, 1.54) is 32.1 Å². The smallest absolute Gasteiger partial charge is 0.230 e. The molecule has 2 saturated heterocycles. The summed E-state index contributed by atoms with van der Waals surface area (Å²) in [7, 11) is 0. The van der Waals surface area contributed by atoms with E-state index in [0.29, 0.717) is 11.8 Å². The third kappa shape index (κ3) is 2.38. The van der Waals surface area contributed by atoms with Crippen LogP contribution in [-0.4, -0.2) is 37.0 Å². The van der Waals surface area contributed by atoms with Crippen LogP contribution >= 0.6 is 0 Å². The largest absolute Gasteiger partial charge is 0.342 e. The average Bonchev–Trinajstić information content (AvgIpc) is 2.91. The van der Waals surface area contributed by atoms with Crippen molar-refractivity contribution in [2.45, 2.75) is 52.4 Å². The highest BCUT2D eigenvalue weighted by Crippen LogP contribution is 2.45. The Labute approximate surface area is 123 Å². The standard InChI is InChI=1S/C17H30N2O/c1-13(2)14-6-9-19(10-7-14)16(20)17-8-4-3-5-15(17)11-18-12-17/h13-15,18H,3-12H2,1-2H3/t15-,17+/m0/s1. The lowest BCUT2D eigenvalue weighted by Gasteiger charge is -2.43. The molecule has 0 aromatic rings. The summed E-state index contributed by atoms with van der Waals surface area (Å²) in [5, 5.41) is 3.50. The molecule has 0 aromatic heterocycles. The van der Waals surface area contributed by atoms with Gasteiger partial charge in [0.05, 0.1) is 5.41 Å². The van der Waals surface area contributed by atoms with Crippen LogP contribution in [0.5, 0.6) is 0 Å². The molecule has 1 amide bonds. The monoisotopic (exact) mass is 278 g/mol. The molecule has 2 heterocycles. The van der Waals surface area contributed by atoms with Gasteiger partial charge in [0.15, 0.2) is 0 Å². The maximum absolute atomic E-state index is 13.1. The molecule has 1 saturated carbocycles. The summed E-state index contributed by atoms with van der Waals surface area (Å²) in [5.74, 6) is 2.67. The lowest BCUT2D eigenvalue weighted by molar-refractivity contribution is -0.147. The van der Waals surface area contributed by atoms with E-state index in [9.17, 15) is 4.79 Å². The van der Waals surface area contributed by atoms with E-state index in [4.69, 9.17) is 0 Å². The second-order valence-electron chi connectivity index (χ2n) is 7.60. The Bertz CT molecular complexity index is 360. The second kappa shape index (κ2) is 5.67. The van der Waals surface area contributed by atoms with Gasteiger partial charge < -0.3 is 10.2 Å². The lowest BCUT2D eigenvalue weighted by atomic mass is 9.67. The van der Waals surface area contributed by atoms with Crippen LogP contribution in [0.3, 0.4) is 0 Å². The first-order valence-corrected chi connectivity index (χ1v) is 8.63. The van der Waals surface area contributed by atoms with Crippen molar-refractivity contribution in [2.75, 3.05) is 26.2 Å². The molecular formula is C17H30N2O. The molecule has 3 aliphatic rings. The summed E-state index contributed by atoms with van der Waals surface area (Å²) < 4.78 is 0. The number of hydrogen-bond acceptors (Lipinski definition) is 2. The molecule has 0 unspecified atom stereocenters. The van der Waals surface area contributed by atoms with Gasteiger partial charge in [0, 0.05) is 19.6 Å².